The number of nitrogens with one attached hydrogen (secondary N) is 1. The van der Waals surface area contributed by atoms with Crippen LogP contribution in [0.5, 0.6) is 5.75 Å². The number of sulfonamides is 1. The number of hydrogen-bond donors (Lipinski definition) is 1. The molecule has 0 bridgehead atoms. The minimum Gasteiger partial charge on any atom is -0.495 e. The Bertz CT molecular complexity index is 1040. The van der Waals surface area contributed by atoms with Crippen molar-refractivity contribution in [3.63, 3.8) is 0 Å². The van der Waals surface area contributed by atoms with Crippen LogP contribution in [0.15, 0.2) is 47.4 Å². The van der Waals surface area contributed by atoms with E-state index in [4.69, 9.17) is 4.74 Å². The second-order valence-electron chi connectivity index (χ2n) is 6.79. The maximum Gasteiger partial charge on any atom is 0.248 e. The van der Waals surface area contributed by atoms with Crippen LogP contribution >= 0.6 is 0 Å². The molecule has 3 rings (SSSR count). The fraction of sp³-hybridized carbons (Fsp3) is 0.286. The molecule has 0 aliphatic carbocycles. The standard InChI is InChI=1S/C21H22F2N2O4S/c1-29-18-10-8-15(14-19(18)30(27,28)25-12-3-2-4-13-25)9-11-20(26)24-21-16(22)6-5-7-17(21)23/h5-11,14H,2-4,12-13H2,1H3,(H,24,26). The minimum atomic E-state index is -3.75. The van der Waals surface area contributed by atoms with E-state index in [-0.39, 0.29) is 10.6 Å². The molecule has 0 aromatic heterocycles. The van der Waals surface area contributed by atoms with Crippen LogP contribution < -0.4 is 10.1 Å². The van der Waals surface area contributed by atoms with E-state index in [9.17, 15) is 22.0 Å². The lowest BCUT2D eigenvalue weighted by atomic mass is 10.2. The summed E-state index contributed by atoms with van der Waals surface area (Å²) in [5.74, 6) is -2.34. The molecule has 1 amide bonds. The average molecular weight is 436 g/mol. The van der Waals surface area contributed by atoms with Crippen molar-refractivity contribution in [2.75, 3.05) is 25.5 Å². The van der Waals surface area contributed by atoms with Gasteiger partial charge in [0, 0.05) is 19.2 Å². The molecule has 2 aromatic carbocycles. The zero-order chi connectivity index (χ0) is 21.7. The summed E-state index contributed by atoms with van der Waals surface area (Å²) in [7, 11) is -2.37. The Morgan fingerprint density at radius 2 is 1.77 bits per heavy atom. The van der Waals surface area contributed by atoms with Crippen molar-refractivity contribution in [1.82, 2.24) is 4.31 Å². The summed E-state index contributed by atoms with van der Waals surface area (Å²) in [6.45, 7) is 0.893. The van der Waals surface area contributed by atoms with Crippen LogP contribution in [0.1, 0.15) is 24.8 Å². The second kappa shape index (κ2) is 9.36. The maximum atomic E-state index is 13.7. The first-order chi connectivity index (χ1) is 14.3. The lowest BCUT2D eigenvalue weighted by Gasteiger charge is -2.26. The van der Waals surface area contributed by atoms with Gasteiger partial charge in [0.15, 0.2) is 0 Å². The molecule has 2 aromatic rings. The number of halogens is 2. The molecular weight excluding hydrogens is 414 g/mol. The van der Waals surface area contributed by atoms with E-state index in [0.29, 0.717) is 18.7 Å². The predicted octanol–water partition coefficient (Wildman–Crippen LogP) is 3.80. The predicted molar refractivity (Wildman–Crippen MR) is 110 cm³/mol. The van der Waals surface area contributed by atoms with Crippen LogP contribution in [-0.2, 0) is 14.8 Å². The van der Waals surface area contributed by atoms with E-state index in [1.807, 2.05) is 0 Å². The monoisotopic (exact) mass is 436 g/mol. The number of benzene rings is 2. The summed E-state index contributed by atoms with van der Waals surface area (Å²) in [4.78, 5) is 12.1. The van der Waals surface area contributed by atoms with E-state index < -0.39 is 33.3 Å². The Morgan fingerprint density at radius 1 is 1.10 bits per heavy atom. The molecule has 6 nitrogen and oxygen atoms in total. The highest BCUT2D eigenvalue weighted by molar-refractivity contribution is 7.89. The molecular formula is C21H22F2N2O4S. The molecule has 1 N–H and O–H groups in total. The van der Waals surface area contributed by atoms with Crippen molar-refractivity contribution in [3.8, 4) is 5.75 Å². The maximum absolute atomic E-state index is 13.7. The largest absolute Gasteiger partial charge is 0.495 e. The number of amides is 1. The van der Waals surface area contributed by atoms with Gasteiger partial charge < -0.3 is 10.1 Å². The van der Waals surface area contributed by atoms with Crippen LogP contribution in [0.25, 0.3) is 6.08 Å². The third-order valence-electron chi connectivity index (χ3n) is 4.76. The number of anilines is 1. The van der Waals surface area contributed by atoms with Gasteiger partial charge in [0.2, 0.25) is 15.9 Å². The fourth-order valence-electron chi connectivity index (χ4n) is 3.20. The van der Waals surface area contributed by atoms with Crippen LogP contribution in [0, 0.1) is 11.6 Å². The highest BCUT2D eigenvalue weighted by Crippen LogP contribution is 2.30. The first-order valence-electron chi connectivity index (χ1n) is 9.44. The molecule has 1 aliphatic rings. The molecule has 0 saturated carbocycles. The zero-order valence-electron chi connectivity index (χ0n) is 16.4. The Balaban J connectivity index is 1.83. The van der Waals surface area contributed by atoms with Gasteiger partial charge in [-0.05, 0) is 48.7 Å². The van der Waals surface area contributed by atoms with Gasteiger partial charge in [0.05, 0.1) is 7.11 Å². The molecule has 160 valence electrons. The summed E-state index contributed by atoms with van der Waals surface area (Å²) in [5.41, 5.74) is -0.120. The number of para-hydroxylation sites is 1. The molecule has 1 heterocycles. The Morgan fingerprint density at radius 3 is 2.40 bits per heavy atom. The number of piperidine rings is 1. The van der Waals surface area contributed by atoms with Gasteiger partial charge in [-0.25, -0.2) is 17.2 Å². The molecule has 0 spiro atoms. The zero-order valence-corrected chi connectivity index (χ0v) is 17.2. The van der Waals surface area contributed by atoms with Gasteiger partial charge in [-0.3, -0.25) is 4.79 Å². The SMILES string of the molecule is COc1ccc(C=CC(=O)Nc2c(F)cccc2F)cc1S(=O)(=O)N1CCCCC1. The molecule has 9 heteroatoms. The van der Waals surface area contributed by atoms with E-state index in [1.165, 1.54) is 35.7 Å². The van der Waals surface area contributed by atoms with Crippen molar-refractivity contribution < 1.29 is 26.7 Å². The Labute approximate surface area is 174 Å². The van der Waals surface area contributed by atoms with Gasteiger partial charge in [0.1, 0.15) is 28.0 Å². The van der Waals surface area contributed by atoms with Crippen LogP contribution in [-0.4, -0.2) is 38.8 Å². The third-order valence-corrected chi connectivity index (χ3v) is 6.68. The number of hydrogen-bond acceptors (Lipinski definition) is 4. The highest BCUT2D eigenvalue weighted by Gasteiger charge is 2.29. The van der Waals surface area contributed by atoms with Crippen molar-refractivity contribution in [2.45, 2.75) is 24.2 Å². The molecule has 1 saturated heterocycles. The van der Waals surface area contributed by atoms with E-state index in [1.54, 1.807) is 6.07 Å². The second-order valence-corrected chi connectivity index (χ2v) is 8.70. The molecule has 1 aliphatic heterocycles. The highest BCUT2D eigenvalue weighted by atomic mass is 32.2. The minimum absolute atomic E-state index is 0.00889. The lowest BCUT2D eigenvalue weighted by molar-refractivity contribution is -0.111. The number of carbonyl (C=O) groups excluding carboxylic acids is 1. The van der Waals surface area contributed by atoms with Crippen molar-refractivity contribution in [1.29, 1.82) is 0 Å². The molecule has 30 heavy (non-hydrogen) atoms. The average Bonchev–Trinajstić information content (AvgIpc) is 2.75. The van der Waals surface area contributed by atoms with Gasteiger partial charge in [-0.1, -0.05) is 18.6 Å². The Kier molecular flexibility index (Phi) is 6.84. The van der Waals surface area contributed by atoms with Crippen LogP contribution in [0.2, 0.25) is 0 Å². The number of methoxy groups -OCH3 is 1. The van der Waals surface area contributed by atoms with Crippen molar-refractivity contribution >= 4 is 27.7 Å². The number of nitrogens with zero attached hydrogens (tertiary/aromatic N) is 1. The first kappa shape index (κ1) is 21.9. The Hall–Kier alpha value is -2.78. The lowest BCUT2D eigenvalue weighted by Crippen LogP contribution is -2.35. The summed E-state index contributed by atoms with van der Waals surface area (Å²) >= 11 is 0. The molecule has 0 unspecified atom stereocenters. The van der Waals surface area contributed by atoms with Crippen molar-refractivity contribution in [2.24, 2.45) is 0 Å². The van der Waals surface area contributed by atoms with E-state index >= 15 is 0 Å². The van der Waals surface area contributed by atoms with Gasteiger partial charge in [-0.2, -0.15) is 4.31 Å². The van der Waals surface area contributed by atoms with Crippen LogP contribution in [0.3, 0.4) is 0 Å². The van der Waals surface area contributed by atoms with Gasteiger partial charge in [0.25, 0.3) is 0 Å². The summed E-state index contributed by atoms with van der Waals surface area (Å²) < 4.78 is 60.0. The van der Waals surface area contributed by atoms with Crippen LogP contribution in [0.4, 0.5) is 14.5 Å². The smallest absolute Gasteiger partial charge is 0.248 e. The normalized spacial score (nSPS) is 15.3. The van der Waals surface area contributed by atoms with Crippen molar-refractivity contribution in [3.05, 3.63) is 59.7 Å². The molecule has 0 atom stereocenters. The topological polar surface area (TPSA) is 75.7 Å². The van der Waals surface area contributed by atoms with Gasteiger partial charge in [-0.15, -0.1) is 0 Å². The first-order valence-corrected chi connectivity index (χ1v) is 10.9. The summed E-state index contributed by atoms with van der Waals surface area (Å²) in [6, 6.07) is 7.76. The molecule has 1 fully saturated rings. The van der Waals surface area contributed by atoms with E-state index in [2.05, 4.69) is 5.32 Å². The summed E-state index contributed by atoms with van der Waals surface area (Å²) in [6.07, 6.45) is 5.03. The quantitative estimate of drug-likeness (QED) is 0.699. The molecule has 0 radical (unpaired) electrons. The number of ether oxygens (including phenoxy) is 1. The summed E-state index contributed by atoms with van der Waals surface area (Å²) in [5, 5.41) is 2.14. The van der Waals surface area contributed by atoms with Gasteiger partial charge >= 0.3 is 0 Å². The third kappa shape index (κ3) is 4.85. The fourth-order valence-corrected chi connectivity index (χ4v) is 4.90. The number of carbonyl (C=O) groups is 1. The number of rotatable bonds is 6. The van der Waals surface area contributed by atoms with E-state index in [0.717, 1.165) is 37.5 Å².